The number of ether oxygens (including phenoxy) is 1. The molecule has 3 aromatic rings. The number of nitrogens with two attached hydrogens (primary N) is 1. The largest absolute Gasteiger partial charge is 0.378 e. The molecule has 7 heteroatoms. The first kappa shape index (κ1) is 20.7. The van der Waals surface area contributed by atoms with Crippen LogP contribution in [0.4, 0.5) is 5.69 Å². The zero-order chi connectivity index (χ0) is 20.9. The number of anilines is 1. The topological polar surface area (TPSA) is 59.8 Å². The number of rotatable bonds is 8. The van der Waals surface area contributed by atoms with Crippen LogP contribution in [0.15, 0.2) is 72.4 Å². The third-order valence-corrected chi connectivity index (χ3v) is 6.25. The molecule has 0 amide bonds. The van der Waals surface area contributed by atoms with Gasteiger partial charge in [-0.1, -0.05) is 48.2 Å². The molecule has 0 saturated carbocycles. The highest BCUT2D eigenvalue weighted by Crippen LogP contribution is 2.26. The first-order valence-electron chi connectivity index (χ1n) is 10.1. The minimum Gasteiger partial charge on any atom is -0.378 e. The average Bonchev–Trinajstić information content (AvgIpc) is 3.40. The molecule has 156 valence electrons. The Labute approximate surface area is 182 Å². The van der Waals surface area contributed by atoms with E-state index in [0.717, 1.165) is 28.8 Å². The molecule has 1 saturated heterocycles. The highest BCUT2D eigenvalue weighted by atomic mass is 32.2. The Hall–Kier alpha value is -2.61. The van der Waals surface area contributed by atoms with E-state index < -0.39 is 0 Å². The van der Waals surface area contributed by atoms with Gasteiger partial charge in [-0.05, 0) is 24.3 Å². The Balaban J connectivity index is 1.39. The predicted octanol–water partition coefficient (Wildman–Crippen LogP) is 2.95. The minimum absolute atomic E-state index is 0.0535. The van der Waals surface area contributed by atoms with E-state index in [4.69, 9.17) is 4.74 Å². The van der Waals surface area contributed by atoms with Crippen molar-refractivity contribution in [1.29, 1.82) is 0 Å². The molecular weight excluding hydrogens is 394 g/mol. The number of nitrogens with zero attached hydrogens (tertiary/aromatic N) is 4. The van der Waals surface area contributed by atoms with Gasteiger partial charge in [0, 0.05) is 43.2 Å². The number of hydrogen-bond acceptors (Lipinski definition) is 5. The van der Waals surface area contributed by atoms with E-state index >= 15 is 0 Å². The maximum Gasteiger partial charge on any atom is 0.217 e. The molecule has 2 heterocycles. The van der Waals surface area contributed by atoms with Gasteiger partial charge in [0.15, 0.2) is 11.0 Å². The molecule has 2 N–H and O–H groups in total. The summed E-state index contributed by atoms with van der Waals surface area (Å²) in [6.07, 6.45) is 2.10. The van der Waals surface area contributed by atoms with E-state index in [2.05, 4.69) is 82.1 Å². The fourth-order valence-electron chi connectivity index (χ4n) is 3.54. The van der Waals surface area contributed by atoms with Crippen LogP contribution >= 0.6 is 11.8 Å². The lowest BCUT2D eigenvalue weighted by molar-refractivity contribution is -0.697. The quantitative estimate of drug-likeness (QED) is 0.447. The third kappa shape index (κ3) is 4.59. The normalized spacial score (nSPS) is 18.5. The van der Waals surface area contributed by atoms with Gasteiger partial charge >= 0.3 is 0 Å². The van der Waals surface area contributed by atoms with Gasteiger partial charge in [0.2, 0.25) is 6.23 Å². The molecule has 1 aliphatic rings. The van der Waals surface area contributed by atoms with Crippen molar-refractivity contribution in [3.8, 4) is 11.4 Å². The molecule has 4 rings (SSSR count). The van der Waals surface area contributed by atoms with Gasteiger partial charge in [0.1, 0.15) is 12.6 Å². The van der Waals surface area contributed by atoms with Crippen molar-refractivity contribution in [2.75, 3.05) is 31.3 Å². The van der Waals surface area contributed by atoms with Crippen molar-refractivity contribution in [2.45, 2.75) is 24.0 Å². The summed E-state index contributed by atoms with van der Waals surface area (Å²) in [5.41, 5.74) is 3.46. The standard InChI is InChI=1S/C23H27N5OS/c1-4-14-28-21(17-8-6-5-7-9-17)25-26-23(28)30-16-20-15-24-22(29-20)18-10-12-19(13-11-18)27(2)3/h4-13,20,22,24H,1,14-16H2,2-3H3/p+1/t20-,22+/m0/s1. The van der Waals surface area contributed by atoms with Crippen LogP contribution in [0.25, 0.3) is 11.4 Å². The monoisotopic (exact) mass is 422 g/mol. The smallest absolute Gasteiger partial charge is 0.217 e. The lowest BCUT2D eigenvalue weighted by atomic mass is 10.2. The fraction of sp³-hybridized carbons (Fsp3) is 0.304. The number of thioether (sulfide) groups is 1. The van der Waals surface area contributed by atoms with Gasteiger partial charge in [-0.2, -0.15) is 0 Å². The molecule has 2 atom stereocenters. The molecule has 0 bridgehead atoms. The van der Waals surface area contributed by atoms with Crippen molar-refractivity contribution in [2.24, 2.45) is 0 Å². The van der Waals surface area contributed by atoms with Crippen molar-refractivity contribution in [1.82, 2.24) is 14.8 Å². The number of quaternary nitrogens is 1. The molecule has 1 aliphatic heterocycles. The van der Waals surface area contributed by atoms with Crippen LogP contribution < -0.4 is 10.2 Å². The Bertz CT molecular complexity index is 971. The maximum atomic E-state index is 6.29. The van der Waals surface area contributed by atoms with Gasteiger partial charge in [0.25, 0.3) is 0 Å². The molecule has 0 spiro atoms. The fourth-order valence-corrected chi connectivity index (χ4v) is 4.50. The zero-order valence-electron chi connectivity index (χ0n) is 17.4. The first-order chi connectivity index (χ1) is 14.7. The Morgan fingerprint density at radius 2 is 1.93 bits per heavy atom. The van der Waals surface area contributed by atoms with Gasteiger partial charge in [-0.25, -0.2) is 0 Å². The van der Waals surface area contributed by atoms with Crippen molar-refractivity contribution >= 4 is 17.4 Å². The second-order valence-electron chi connectivity index (χ2n) is 7.52. The SMILES string of the molecule is C=CCn1c(SC[C@@H]2C[NH2+][C@@H](c3ccc(N(C)C)cc3)O2)nnc1-c1ccccc1. The summed E-state index contributed by atoms with van der Waals surface area (Å²) in [6.45, 7) is 5.51. The highest BCUT2D eigenvalue weighted by molar-refractivity contribution is 7.99. The Morgan fingerprint density at radius 1 is 1.17 bits per heavy atom. The first-order valence-corrected chi connectivity index (χ1v) is 11.1. The number of hydrogen-bond donors (Lipinski definition) is 1. The molecule has 1 aromatic heterocycles. The lowest BCUT2D eigenvalue weighted by Crippen LogP contribution is -2.82. The number of aromatic nitrogens is 3. The number of allylic oxidation sites excluding steroid dienone is 1. The maximum absolute atomic E-state index is 6.29. The summed E-state index contributed by atoms with van der Waals surface area (Å²) < 4.78 is 8.41. The summed E-state index contributed by atoms with van der Waals surface area (Å²) in [7, 11) is 4.10. The second kappa shape index (κ2) is 9.47. The Morgan fingerprint density at radius 3 is 2.63 bits per heavy atom. The van der Waals surface area contributed by atoms with Crippen molar-refractivity contribution in [3.05, 3.63) is 72.8 Å². The molecule has 0 radical (unpaired) electrons. The summed E-state index contributed by atoms with van der Waals surface area (Å²) >= 11 is 1.69. The molecular formula is C23H28N5OS+. The predicted molar refractivity (Wildman–Crippen MR) is 122 cm³/mol. The third-order valence-electron chi connectivity index (χ3n) is 5.15. The highest BCUT2D eigenvalue weighted by Gasteiger charge is 2.30. The van der Waals surface area contributed by atoms with Crippen molar-refractivity contribution in [3.63, 3.8) is 0 Å². The van der Waals surface area contributed by atoms with E-state index in [0.29, 0.717) is 6.54 Å². The van der Waals surface area contributed by atoms with Gasteiger partial charge in [-0.15, -0.1) is 16.8 Å². The van der Waals surface area contributed by atoms with E-state index in [1.807, 2.05) is 24.3 Å². The van der Waals surface area contributed by atoms with E-state index in [-0.39, 0.29) is 12.3 Å². The van der Waals surface area contributed by atoms with Crippen LogP contribution in [-0.4, -0.2) is 47.3 Å². The summed E-state index contributed by atoms with van der Waals surface area (Å²) in [5, 5.41) is 12.0. The van der Waals surface area contributed by atoms with E-state index in [1.165, 1.54) is 11.3 Å². The van der Waals surface area contributed by atoms with Crippen LogP contribution in [-0.2, 0) is 11.3 Å². The van der Waals surface area contributed by atoms with Crippen LogP contribution in [0.2, 0.25) is 0 Å². The molecule has 0 aliphatic carbocycles. The van der Waals surface area contributed by atoms with E-state index in [1.54, 1.807) is 11.8 Å². The van der Waals surface area contributed by atoms with Gasteiger partial charge in [-0.3, -0.25) is 4.57 Å². The number of benzene rings is 2. The average molecular weight is 423 g/mol. The summed E-state index contributed by atoms with van der Waals surface area (Å²) in [5.74, 6) is 1.71. The van der Waals surface area contributed by atoms with Crippen LogP contribution in [0.3, 0.4) is 0 Å². The van der Waals surface area contributed by atoms with Gasteiger partial charge < -0.3 is 15.0 Å². The zero-order valence-corrected chi connectivity index (χ0v) is 18.3. The minimum atomic E-state index is 0.0535. The van der Waals surface area contributed by atoms with Crippen molar-refractivity contribution < 1.29 is 10.1 Å². The van der Waals surface area contributed by atoms with Crippen LogP contribution in [0.1, 0.15) is 11.8 Å². The van der Waals surface area contributed by atoms with E-state index in [9.17, 15) is 0 Å². The second-order valence-corrected chi connectivity index (χ2v) is 8.51. The van der Waals surface area contributed by atoms with Crippen LogP contribution in [0, 0.1) is 0 Å². The molecule has 0 unspecified atom stereocenters. The van der Waals surface area contributed by atoms with Gasteiger partial charge in [0.05, 0.1) is 0 Å². The lowest BCUT2D eigenvalue weighted by Gasteiger charge is -2.14. The summed E-state index contributed by atoms with van der Waals surface area (Å²) in [6, 6.07) is 18.7. The molecule has 1 fully saturated rings. The molecule has 6 nitrogen and oxygen atoms in total. The van der Waals surface area contributed by atoms with Crippen LogP contribution in [0.5, 0.6) is 0 Å². The molecule has 30 heavy (non-hydrogen) atoms. The molecule has 2 aromatic carbocycles. The summed E-state index contributed by atoms with van der Waals surface area (Å²) in [4.78, 5) is 2.10. The Kier molecular flexibility index (Phi) is 6.52.